The third-order valence-corrected chi connectivity index (χ3v) is 6.31. The minimum Gasteiger partial charge on any atom is -0.452 e. The van der Waals surface area contributed by atoms with Crippen molar-refractivity contribution in [2.24, 2.45) is 18.2 Å². The molecule has 11 heteroatoms. The SMILES string of the molecule is Cn1cc(-c2cnc(C=CN)c(Oc3ccc(NC(=O)C4(C(=O)Nc5ccc(F)cc5)CC4)cc3F)c2)cn1. The van der Waals surface area contributed by atoms with Crippen molar-refractivity contribution >= 4 is 29.3 Å². The number of nitrogens with two attached hydrogens (primary N) is 1. The molecule has 2 heterocycles. The molecule has 4 N–H and O–H groups in total. The summed E-state index contributed by atoms with van der Waals surface area (Å²) in [5, 5.41) is 9.40. The molecular weight excluding hydrogens is 506 g/mol. The van der Waals surface area contributed by atoms with Gasteiger partial charge < -0.3 is 21.1 Å². The maximum atomic E-state index is 15.1. The Morgan fingerprint density at radius 2 is 1.67 bits per heavy atom. The van der Waals surface area contributed by atoms with E-state index in [2.05, 4.69) is 20.7 Å². The average Bonchev–Trinajstić information content (AvgIpc) is 3.63. The molecule has 0 atom stereocenters. The predicted molar refractivity (Wildman–Crippen MR) is 141 cm³/mol. The van der Waals surface area contributed by atoms with E-state index in [1.54, 1.807) is 30.2 Å². The monoisotopic (exact) mass is 530 g/mol. The Balaban J connectivity index is 1.31. The van der Waals surface area contributed by atoms with Gasteiger partial charge in [0.25, 0.3) is 0 Å². The zero-order valence-electron chi connectivity index (χ0n) is 20.8. The van der Waals surface area contributed by atoms with Gasteiger partial charge in [-0.15, -0.1) is 0 Å². The van der Waals surface area contributed by atoms with Gasteiger partial charge in [0.05, 0.1) is 6.20 Å². The van der Waals surface area contributed by atoms with Crippen LogP contribution in [0.4, 0.5) is 20.2 Å². The first kappa shape index (κ1) is 25.6. The molecule has 1 aliphatic carbocycles. The van der Waals surface area contributed by atoms with Gasteiger partial charge in [0.15, 0.2) is 17.3 Å². The zero-order valence-corrected chi connectivity index (χ0v) is 20.8. The van der Waals surface area contributed by atoms with E-state index in [0.717, 1.165) is 11.6 Å². The Morgan fingerprint density at radius 1 is 0.974 bits per heavy atom. The molecule has 2 aromatic heterocycles. The van der Waals surface area contributed by atoms with Crippen molar-refractivity contribution in [3.05, 3.63) is 90.6 Å². The lowest BCUT2D eigenvalue weighted by atomic mass is 10.0. The third-order valence-electron chi connectivity index (χ3n) is 6.31. The molecule has 1 aliphatic rings. The number of pyridine rings is 1. The van der Waals surface area contributed by atoms with Crippen LogP contribution in [-0.4, -0.2) is 26.6 Å². The van der Waals surface area contributed by atoms with Crippen LogP contribution in [0.5, 0.6) is 11.5 Å². The van der Waals surface area contributed by atoms with Crippen LogP contribution in [0.2, 0.25) is 0 Å². The standard InChI is InChI=1S/C28H24F2N6O3/c1-36-16-18(15-33-36)17-12-25(23(8-11-31)32-14-17)39-24-7-6-21(13-22(24)30)35-27(38)28(9-10-28)26(37)34-20-4-2-19(29)3-5-20/h2-8,11-16H,9-10,31H2,1H3,(H,34,37)(H,35,38). The van der Waals surface area contributed by atoms with E-state index in [1.807, 2.05) is 6.20 Å². The minimum absolute atomic E-state index is 0.0972. The van der Waals surface area contributed by atoms with Crippen molar-refractivity contribution in [2.75, 3.05) is 10.6 Å². The van der Waals surface area contributed by atoms with E-state index in [-0.39, 0.29) is 17.2 Å². The quantitative estimate of drug-likeness (QED) is 0.280. The second-order valence-electron chi connectivity index (χ2n) is 9.11. The summed E-state index contributed by atoms with van der Waals surface area (Å²) >= 11 is 0. The van der Waals surface area contributed by atoms with E-state index in [1.165, 1.54) is 48.7 Å². The van der Waals surface area contributed by atoms with E-state index in [4.69, 9.17) is 10.5 Å². The van der Waals surface area contributed by atoms with Gasteiger partial charge in [-0.3, -0.25) is 19.3 Å². The fourth-order valence-corrected chi connectivity index (χ4v) is 3.98. The molecule has 1 saturated carbocycles. The molecule has 0 aliphatic heterocycles. The lowest BCUT2D eigenvalue weighted by Gasteiger charge is -2.16. The van der Waals surface area contributed by atoms with Crippen LogP contribution in [0, 0.1) is 17.0 Å². The fraction of sp³-hybridized carbons (Fsp3) is 0.143. The molecule has 198 valence electrons. The van der Waals surface area contributed by atoms with Crippen LogP contribution in [-0.2, 0) is 16.6 Å². The van der Waals surface area contributed by atoms with Crippen LogP contribution in [0.1, 0.15) is 18.5 Å². The van der Waals surface area contributed by atoms with Gasteiger partial charge >= 0.3 is 0 Å². The molecule has 5 rings (SSSR count). The summed E-state index contributed by atoms with van der Waals surface area (Å²) in [6.45, 7) is 0. The van der Waals surface area contributed by atoms with Gasteiger partial charge in [-0.1, -0.05) is 0 Å². The highest BCUT2D eigenvalue weighted by Crippen LogP contribution is 2.47. The van der Waals surface area contributed by atoms with E-state index in [0.29, 0.717) is 29.8 Å². The molecule has 39 heavy (non-hydrogen) atoms. The summed E-state index contributed by atoms with van der Waals surface area (Å²) < 4.78 is 35.7. The number of carbonyl (C=O) groups is 2. The maximum absolute atomic E-state index is 15.1. The number of halogens is 2. The number of anilines is 2. The number of nitrogens with one attached hydrogen (secondary N) is 2. The first-order chi connectivity index (χ1) is 18.8. The summed E-state index contributed by atoms with van der Waals surface area (Å²) in [6, 6.07) is 10.9. The van der Waals surface area contributed by atoms with E-state index >= 15 is 4.39 Å². The Bertz CT molecular complexity index is 1580. The van der Waals surface area contributed by atoms with Gasteiger partial charge in [-0.2, -0.15) is 5.10 Å². The van der Waals surface area contributed by atoms with Crippen molar-refractivity contribution < 1.29 is 23.1 Å². The number of ether oxygens (including phenoxy) is 1. The predicted octanol–water partition coefficient (Wildman–Crippen LogP) is 4.84. The van der Waals surface area contributed by atoms with Crippen LogP contribution >= 0.6 is 0 Å². The van der Waals surface area contributed by atoms with Crippen molar-refractivity contribution in [2.45, 2.75) is 12.8 Å². The molecule has 2 aromatic carbocycles. The van der Waals surface area contributed by atoms with Crippen LogP contribution < -0.4 is 21.1 Å². The topological polar surface area (TPSA) is 124 Å². The normalized spacial score (nSPS) is 13.7. The molecular formula is C28H24F2N6O3. The second kappa shape index (κ2) is 10.4. The Morgan fingerprint density at radius 3 is 2.28 bits per heavy atom. The molecule has 4 aromatic rings. The summed E-state index contributed by atoms with van der Waals surface area (Å²) in [5.41, 5.74) is 6.70. The highest BCUT2D eigenvalue weighted by Gasteiger charge is 2.56. The summed E-state index contributed by atoms with van der Waals surface area (Å²) in [4.78, 5) is 30.1. The number of amides is 2. The van der Waals surface area contributed by atoms with Crippen molar-refractivity contribution in [1.29, 1.82) is 0 Å². The smallest absolute Gasteiger partial charge is 0.240 e. The molecule has 9 nitrogen and oxygen atoms in total. The number of hydrogen-bond donors (Lipinski definition) is 3. The zero-order chi connectivity index (χ0) is 27.6. The van der Waals surface area contributed by atoms with Gasteiger partial charge in [0, 0.05) is 48.0 Å². The molecule has 0 unspecified atom stereocenters. The van der Waals surface area contributed by atoms with Gasteiger partial charge in [-0.25, -0.2) is 8.78 Å². The fourth-order valence-electron chi connectivity index (χ4n) is 3.98. The first-order valence-corrected chi connectivity index (χ1v) is 12.0. The molecule has 0 saturated heterocycles. The van der Waals surface area contributed by atoms with Crippen LogP contribution in [0.15, 0.2) is 73.3 Å². The Labute approximate surface area is 222 Å². The summed E-state index contributed by atoms with van der Waals surface area (Å²) in [7, 11) is 1.79. The number of carbonyl (C=O) groups excluding carboxylic acids is 2. The average molecular weight is 531 g/mol. The number of rotatable bonds is 8. The molecule has 1 fully saturated rings. The third kappa shape index (κ3) is 5.47. The maximum Gasteiger partial charge on any atom is 0.240 e. The second-order valence-corrected chi connectivity index (χ2v) is 9.11. The van der Waals surface area contributed by atoms with Crippen molar-refractivity contribution in [1.82, 2.24) is 14.8 Å². The number of nitrogens with zero attached hydrogens (tertiary/aromatic N) is 3. The minimum atomic E-state index is -1.28. The van der Waals surface area contributed by atoms with Gasteiger partial charge in [-0.05, 0) is 67.6 Å². The Hall–Kier alpha value is -5.06. The van der Waals surface area contributed by atoms with Crippen LogP contribution in [0.25, 0.3) is 17.2 Å². The number of hydrogen-bond acceptors (Lipinski definition) is 6. The van der Waals surface area contributed by atoms with Gasteiger partial charge in [0.2, 0.25) is 11.8 Å². The van der Waals surface area contributed by atoms with Gasteiger partial charge in [0.1, 0.15) is 16.9 Å². The molecule has 0 spiro atoms. The molecule has 2 amide bonds. The Kier molecular flexibility index (Phi) is 6.80. The first-order valence-electron chi connectivity index (χ1n) is 12.0. The number of aryl methyl sites for hydroxylation is 1. The molecule has 0 radical (unpaired) electrons. The van der Waals surface area contributed by atoms with E-state index in [9.17, 15) is 14.0 Å². The van der Waals surface area contributed by atoms with E-state index < -0.39 is 28.9 Å². The summed E-state index contributed by atoms with van der Waals surface area (Å²) in [5.74, 6) is -2.07. The van der Waals surface area contributed by atoms with Crippen molar-refractivity contribution in [3.8, 4) is 22.6 Å². The molecule has 0 bridgehead atoms. The highest BCUT2D eigenvalue weighted by atomic mass is 19.1. The van der Waals surface area contributed by atoms with Crippen LogP contribution in [0.3, 0.4) is 0 Å². The lowest BCUT2D eigenvalue weighted by Crippen LogP contribution is -2.35. The lowest BCUT2D eigenvalue weighted by molar-refractivity contribution is -0.131. The highest BCUT2D eigenvalue weighted by molar-refractivity contribution is 6.16. The number of benzene rings is 2. The van der Waals surface area contributed by atoms with Crippen molar-refractivity contribution in [3.63, 3.8) is 0 Å². The summed E-state index contributed by atoms with van der Waals surface area (Å²) in [6.07, 6.45) is 8.62. The largest absolute Gasteiger partial charge is 0.452 e. The number of aromatic nitrogens is 3.